The van der Waals surface area contributed by atoms with E-state index in [4.69, 9.17) is 0 Å². The molecule has 7 heteroatoms. The molecule has 6 nitrogen and oxygen atoms in total. The molecule has 2 aromatic carbocycles. The molecular formula is C22H29N3O3S. The van der Waals surface area contributed by atoms with Crippen LogP contribution in [0.1, 0.15) is 23.6 Å². The van der Waals surface area contributed by atoms with E-state index in [0.717, 1.165) is 16.7 Å². The molecule has 1 saturated heterocycles. The Balaban J connectivity index is 1.72. The van der Waals surface area contributed by atoms with Gasteiger partial charge in [0.1, 0.15) is 0 Å². The zero-order valence-corrected chi connectivity index (χ0v) is 18.0. The van der Waals surface area contributed by atoms with Crippen molar-refractivity contribution < 1.29 is 13.2 Å². The molecule has 0 unspecified atom stereocenters. The maximum absolute atomic E-state index is 12.6. The van der Waals surface area contributed by atoms with E-state index in [1.54, 1.807) is 24.1 Å². The number of carbonyl (C=O) groups is 1. The van der Waals surface area contributed by atoms with Crippen molar-refractivity contribution in [3.63, 3.8) is 0 Å². The fourth-order valence-corrected chi connectivity index (χ4v) is 5.00. The first-order chi connectivity index (χ1) is 13.7. The van der Waals surface area contributed by atoms with Crippen LogP contribution in [0.15, 0.2) is 54.6 Å². The molecule has 2 atom stereocenters. The molecule has 1 fully saturated rings. The molecule has 0 aliphatic carbocycles. The number of amides is 1. The van der Waals surface area contributed by atoms with Crippen molar-refractivity contribution in [2.45, 2.75) is 38.2 Å². The Morgan fingerprint density at radius 3 is 2.45 bits per heavy atom. The van der Waals surface area contributed by atoms with Crippen molar-refractivity contribution in [2.75, 3.05) is 20.1 Å². The number of nitrogens with zero attached hydrogens (tertiary/aromatic N) is 2. The van der Waals surface area contributed by atoms with Gasteiger partial charge < -0.3 is 4.90 Å². The average Bonchev–Trinajstić information content (AvgIpc) is 2.68. The molecule has 1 aliphatic rings. The van der Waals surface area contributed by atoms with Crippen LogP contribution < -0.4 is 4.72 Å². The monoisotopic (exact) mass is 415 g/mol. The zero-order chi connectivity index (χ0) is 21.0. The summed E-state index contributed by atoms with van der Waals surface area (Å²) >= 11 is 0. The van der Waals surface area contributed by atoms with Crippen LogP contribution in [-0.2, 0) is 27.1 Å². The van der Waals surface area contributed by atoms with Crippen LogP contribution in [0.4, 0.5) is 0 Å². The standard InChI is InChI=1S/C22H29N3O3S/c1-17-8-7-11-20(12-17)14-25-18(2)22(26)24(3)15-21(25)13-23-29(27,28)16-19-9-5-4-6-10-19/h4-12,18,21,23H,13-16H2,1-3H3/t18-,21+/m0/s1. The van der Waals surface area contributed by atoms with E-state index in [-0.39, 0.29) is 30.3 Å². The number of carbonyl (C=O) groups excluding carboxylic acids is 1. The van der Waals surface area contributed by atoms with E-state index in [1.165, 1.54) is 0 Å². The second-order valence-electron chi connectivity index (χ2n) is 7.80. The van der Waals surface area contributed by atoms with Crippen molar-refractivity contribution in [1.82, 2.24) is 14.5 Å². The lowest BCUT2D eigenvalue weighted by Crippen LogP contribution is -2.62. The van der Waals surface area contributed by atoms with Crippen LogP contribution in [0.5, 0.6) is 0 Å². The van der Waals surface area contributed by atoms with Crippen molar-refractivity contribution in [1.29, 1.82) is 0 Å². The number of piperazine rings is 1. The highest BCUT2D eigenvalue weighted by molar-refractivity contribution is 7.88. The van der Waals surface area contributed by atoms with Crippen LogP contribution in [0.25, 0.3) is 0 Å². The number of hydrogen-bond donors (Lipinski definition) is 1. The minimum Gasteiger partial charge on any atom is -0.343 e. The van der Waals surface area contributed by atoms with Crippen LogP contribution in [-0.4, -0.2) is 56.3 Å². The number of benzene rings is 2. The summed E-state index contributed by atoms with van der Waals surface area (Å²) in [6.07, 6.45) is 0. The molecule has 1 heterocycles. The minimum absolute atomic E-state index is 0.0528. The summed E-state index contributed by atoms with van der Waals surface area (Å²) in [6, 6.07) is 16.9. The van der Waals surface area contributed by atoms with Gasteiger partial charge in [0.05, 0.1) is 11.8 Å². The molecular weight excluding hydrogens is 386 g/mol. The van der Waals surface area contributed by atoms with Gasteiger partial charge in [-0.3, -0.25) is 9.69 Å². The topological polar surface area (TPSA) is 69.7 Å². The SMILES string of the molecule is Cc1cccc(CN2[C@H](CNS(=O)(=O)Cc3ccccc3)CN(C)C(=O)[C@@H]2C)c1. The molecule has 29 heavy (non-hydrogen) atoms. The summed E-state index contributed by atoms with van der Waals surface area (Å²) in [7, 11) is -1.69. The van der Waals surface area contributed by atoms with Gasteiger partial charge in [-0.1, -0.05) is 60.2 Å². The second-order valence-corrected chi connectivity index (χ2v) is 9.61. The van der Waals surface area contributed by atoms with Gasteiger partial charge in [-0.05, 0) is 25.0 Å². The van der Waals surface area contributed by atoms with Crippen LogP contribution in [0.3, 0.4) is 0 Å². The highest BCUT2D eigenvalue weighted by Gasteiger charge is 2.36. The number of nitrogens with one attached hydrogen (secondary N) is 1. The Morgan fingerprint density at radius 2 is 1.76 bits per heavy atom. The van der Waals surface area contributed by atoms with Crippen LogP contribution in [0.2, 0.25) is 0 Å². The van der Waals surface area contributed by atoms with E-state index in [2.05, 4.69) is 15.7 Å². The summed E-state index contributed by atoms with van der Waals surface area (Å²) in [5, 5.41) is 0. The smallest absolute Gasteiger partial charge is 0.239 e. The lowest BCUT2D eigenvalue weighted by atomic mass is 10.0. The molecule has 0 radical (unpaired) electrons. The van der Waals surface area contributed by atoms with E-state index in [1.807, 2.05) is 50.2 Å². The summed E-state index contributed by atoms with van der Waals surface area (Å²) in [5.74, 6) is 0.00371. The third-order valence-corrected chi connectivity index (χ3v) is 6.69. The first kappa shape index (κ1) is 21.5. The fraction of sp³-hybridized carbons (Fsp3) is 0.409. The molecule has 0 bridgehead atoms. The quantitative estimate of drug-likeness (QED) is 0.752. The van der Waals surface area contributed by atoms with Gasteiger partial charge >= 0.3 is 0 Å². The predicted molar refractivity (Wildman–Crippen MR) is 115 cm³/mol. The van der Waals surface area contributed by atoms with Gasteiger partial charge in [-0.15, -0.1) is 0 Å². The average molecular weight is 416 g/mol. The highest BCUT2D eigenvalue weighted by Crippen LogP contribution is 2.20. The molecule has 1 aliphatic heterocycles. The number of sulfonamides is 1. The zero-order valence-electron chi connectivity index (χ0n) is 17.2. The van der Waals surface area contributed by atoms with Crippen LogP contribution >= 0.6 is 0 Å². The van der Waals surface area contributed by atoms with Crippen LogP contribution in [0, 0.1) is 6.92 Å². The van der Waals surface area contributed by atoms with Crippen molar-refractivity contribution >= 4 is 15.9 Å². The molecule has 0 saturated carbocycles. The Hall–Kier alpha value is -2.22. The first-order valence-electron chi connectivity index (χ1n) is 9.83. The van der Waals surface area contributed by atoms with E-state index in [9.17, 15) is 13.2 Å². The number of aryl methyl sites for hydroxylation is 1. The lowest BCUT2D eigenvalue weighted by Gasteiger charge is -2.44. The normalized spacial score (nSPS) is 20.8. The van der Waals surface area contributed by atoms with Crippen molar-refractivity contribution in [3.8, 4) is 0 Å². The molecule has 2 aromatic rings. The third-order valence-electron chi connectivity index (χ3n) is 5.37. The third kappa shape index (κ3) is 5.65. The maximum Gasteiger partial charge on any atom is 0.239 e. The summed E-state index contributed by atoms with van der Waals surface area (Å²) in [5.41, 5.74) is 3.03. The Labute approximate surface area is 173 Å². The molecule has 0 spiro atoms. The minimum atomic E-state index is -3.47. The van der Waals surface area contributed by atoms with E-state index < -0.39 is 10.0 Å². The Bertz CT molecular complexity index is 947. The highest BCUT2D eigenvalue weighted by atomic mass is 32.2. The fourth-order valence-electron chi connectivity index (χ4n) is 3.82. The molecule has 0 aromatic heterocycles. The summed E-state index contributed by atoms with van der Waals surface area (Å²) in [6.45, 7) is 5.29. The number of likely N-dealkylation sites (N-methyl/N-ethyl adjacent to an activating group) is 1. The van der Waals surface area contributed by atoms with E-state index >= 15 is 0 Å². The molecule has 3 rings (SSSR count). The van der Waals surface area contributed by atoms with Gasteiger partial charge in [0, 0.05) is 32.7 Å². The Morgan fingerprint density at radius 1 is 1.07 bits per heavy atom. The number of hydrogen-bond acceptors (Lipinski definition) is 4. The van der Waals surface area contributed by atoms with Gasteiger partial charge in [0.15, 0.2) is 0 Å². The Kier molecular flexibility index (Phi) is 6.72. The predicted octanol–water partition coefficient (Wildman–Crippen LogP) is 2.15. The van der Waals surface area contributed by atoms with Gasteiger partial charge in [0.2, 0.25) is 15.9 Å². The maximum atomic E-state index is 12.6. The molecule has 1 N–H and O–H groups in total. The lowest BCUT2D eigenvalue weighted by molar-refractivity contribution is -0.142. The summed E-state index contributed by atoms with van der Waals surface area (Å²) < 4.78 is 27.9. The van der Waals surface area contributed by atoms with Crippen molar-refractivity contribution in [2.24, 2.45) is 0 Å². The largest absolute Gasteiger partial charge is 0.343 e. The van der Waals surface area contributed by atoms with Crippen molar-refractivity contribution in [3.05, 3.63) is 71.3 Å². The molecule has 1 amide bonds. The first-order valence-corrected chi connectivity index (χ1v) is 11.5. The van der Waals surface area contributed by atoms with Gasteiger partial charge in [-0.2, -0.15) is 0 Å². The van der Waals surface area contributed by atoms with Gasteiger partial charge in [0.25, 0.3) is 0 Å². The second kappa shape index (κ2) is 9.07. The van der Waals surface area contributed by atoms with Gasteiger partial charge in [-0.25, -0.2) is 13.1 Å². The summed E-state index contributed by atoms with van der Waals surface area (Å²) in [4.78, 5) is 16.3. The number of rotatable bonds is 7. The van der Waals surface area contributed by atoms with E-state index in [0.29, 0.717) is 13.1 Å². The molecule has 156 valence electrons.